The summed E-state index contributed by atoms with van der Waals surface area (Å²) >= 11 is 0. The predicted octanol–water partition coefficient (Wildman–Crippen LogP) is 3.23. The molecule has 0 spiro atoms. The smallest absolute Gasteiger partial charge is 0.227 e. The standard InChI is InChI=1S/C17H29N3O/c1-5-20(13(2)3)16-10-8-15(9-11-16)19-17(21)14(4)7-6-12-18/h8-11,13-14H,5-7,12,18H2,1-4H3,(H,19,21). The summed E-state index contributed by atoms with van der Waals surface area (Å²) in [6, 6.07) is 8.52. The van der Waals surface area contributed by atoms with Gasteiger partial charge in [0.15, 0.2) is 0 Å². The largest absolute Gasteiger partial charge is 0.369 e. The van der Waals surface area contributed by atoms with Crippen LogP contribution in [0.4, 0.5) is 11.4 Å². The molecular weight excluding hydrogens is 262 g/mol. The van der Waals surface area contributed by atoms with Gasteiger partial charge in [0.25, 0.3) is 0 Å². The fraction of sp³-hybridized carbons (Fsp3) is 0.588. The minimum absolute atomic E-state index is 0.00368. The molecule has 1 atom stereocenters. The van der Waals surface area contributed by atoms with Crippen LogP contribution in [0.5, 0.6) is 0 Å². The van der Waals surface area contributed by atoms with E-state index in [9.17, 15) is 4.79 Å². The van der Waals surface area contributed by atoms with Gasteiger partial charge in [-0.1, -0.05) is 6.92 Å². The van der Waals surface area contributed by atoms with E-state index < -0.39 is 0 Å². The van der Waals surface area contributed by atoms with E-state index in [0.29, 0.717) is 12.6 Å². The van der Waals surface area contributed by atoms with E-state index in [2.05, 4.69) is 43.1 Å². The Morgan fingerprint density at radius 1 is 1.24 bits per heavy atom. The maximum absolute atomic E-state index is 12.0. The fourth-order valence-corrected chi connectivity index (χ4v) is 2.40. The second kappa shape index (κ2) is 8.67. The van der Waals surface area contributed by atoms with Gasteiger partial charge in [-0.3, -0.25) is 4.79 Å². The lowest BCUT2D eigenvalue weighted by Crippen LogP contribution is -2.30. The topological polar surface area (TPSA) is 58.4 Å². The summed E-state index contributed by atoms with van der Waals surface area (Å²) in [6.45, 7) is 10.1. The number of hydrogen-bond acceptors (Lipinski definition) is 3. The van der Waals surface area contributed by atoms with Crippen LogP contribution >= 0.6 is 0 Å². The molecule has 4 nitrogen and oxygen atoms in total. The van der Waals surface area contributed by atoms with Crippen LogP contribution < -0.4 is 16.0 Å². The Labute approximate surface area is 128 Å². The third-order valence-electron chi connectivity index (χ3n) is 3.72. The molecule has 0 aliphatic rings. The summed E-state index contributed by atoms with van der Waals surface area (Å²) in [4.78, 5) is 14.4. The first kappa shape index (κ1) is 17.5. The van der Waals surface area contributed by atoms with E-state index in [-0.39, 0.29) is 11.8 Å². The first-order valence-corrected chi connectivity index (χ1v) is 7.87. The highest BCUT2D eigenvalue weighted by atomic mass is 16.1. The quantitative estimate of drug-likeness (QED) is 0.773. The number of benzene rings is 1. The average molecular weight is 291 g/mol. The third-order valence-corrected chi connectivity index (χ3v) is 3.72. The van der Waals surface area contributed by atoms with Gasteiger partial charge in [-0.2, -0.15) is 0 Å². The monoisotopic (exact) mass is 291 g/mol. The minimum atomic E-state index is -0.00368. The van der Waals surface area contributed by atoms with Crippen molar-refractivity contribution in [3.63, 3.8) is 0 Å². The van der Waals surface area contributed by atoms with Gasteiger partial charge < -0.3 is 16.0 Å². The van der Waals surface area contributed by atoms with Gasteiger partial charge in [-0.15, -0.1) is 0 Å². The van der Waals surface area contributed by atoms with E-state index in [0.717, 1.165) is 25.1 Å². The summed E-state index contributed by atoms with van der Waals surface area (Å²) in [5.74, 6) is 0.0587. The zero-order valence-corrected chi connectivity index (χ0v) is 13.7. The second-order valence-electron chi connectivity index (χ2n) is 5.75. The first-order chi connectivity index (χ1) is 9.99. The molecule has 0 saturated heterocycles. The molecule has 0 aromatic heterocycles. The number of rotatable bonds is 8. The third kappa shape index (κ3) is 5.38. The number of nitrogens with two attached hydrogens (primary N) is 1. The number of anilines is 2. The molecule has 1 aromatic rings. The molecule has 1 aromatic carbocycles. The summed E-state index contributed by atoms with van der Waals surface area (Å²) < 4.78 is 0. The van der Waals surface area contributed by atoms with Crippen LogP contribution in [0.25, 0.3) is 0 Å². The van der Waals surface area contributed by atoms with Gasteiger partial charge in [0, 0.05) is 29.9 Å². The second-order valence-corrected chi connectivity index (χ2v) is 5.75. The Hall–Kier alpha value is -1.55. The van der Waals surface area contributed by atoms with Gasteiger partial charge in [0.2, 0.25) is 5.91 Å². The number of carbonyl (C=O) groups is 1. The molecule has 3 N–H and O–H groups in total. The fourth-order valence-electron chi connectivity index (χ4n) is 2.40. The zero-order valence-electron chi connectivity index (χ0n) is 13.7. The lowest BCUT2D eigenvalue weighted by molar-refractivity contribution is -0.119. The van der Waals surface area contributed by atoms with Crippen LogP contribution in [0.3, 0.4) is 0 Å². The Bertz CT molecular complexity index is 428. The predicted molar refractivity (Wildman–Crippen MR) is 90.7 cm³/mol. The summed E-state index contributed by atoms with van der Waals surface area (Å²) in [7, 11) is 0. The highest BCUT2D eigenvalue weighted by molar-refractivity contribution is 5.92. The molecule has 0 heterocycles. The molecule has 0 radical (unpaired) electrons. The Morgan fingerprint density at radius 2 is 1.86 bits per heavy atom. The molecule has 1 rings (SSSR count). The van der Waals surface area contributed by atoms with Crippen LogP contribution in [-0.4, -0.2) is 25.0 Å². The lowest BCUT2D eigenvalue weighted by atomic mass is 10.0. The molecule has 118 valence electrons. The lowest BCUT2D eigenvalue weighted by Gasteiger charge is -2.27. The van der Waals surface area contributed by atoms with Gasteiger partial charge in [0.1, 0.15) is 0 Å². The van der Waals surface area contributed by atoms with Gasteiger partial charge in [-0.05, 0) is 64.4 Å². The highest BCUT2D eigenvalue weighted by Crippen LogP contribution is 2.20. The normalized spacial score (nSPS) is 12.3. The van der Waals surface area contributed by atoms with E-state index in [4.69, 9.17) is 5.73 Å². The van der Waals surface area contributed by atoms with Crippen molar-refractivity contribution in [3.05, 3.63) is 24.3 Å². The van der Waals surface area contributed by atoms with Crippen molar-refractivity contribution >= 4 is 17.3 Å². The Kier molecular flexibility index (Phi) is 7.23. The van der Waals surface area contributed by atoms with Crippen molar-refractivity contribution in [3.8, 4) is 0 Å². The van der Waals surface area contributed by atoms with Crippen molar-refractivity contribution in [2.45, 2.75) is 46.6 Å². The van der Waals surface area contributed by atoms with Crippen molar-refractivity contribution in [1.29, 1.82) is 0 Å². The molecular formula is C17H29N3O. The number of hydrogen-bond donors (Lipinski definition) is 2. The number of amides is 1. The minimum Gasteiger partial charge on any atom is -0.369 e. The highest BCUT2D eigenvalue weighted by Gasteiger charge is 2.13. The number of nitrogens with zero attached hydrogens (tertiary/aromatic N) is 1. The van der Waals surface area contributed by atoms with Crippen molar-refractivity contribution in [2.24, 2.45) is 11.7 Å². The van der Waals surface area contributed by atoms with E-state index in [1.807, 2.05) is 19.1 Å². The van der Waals surface area contributed by atoms with Crippen molar-refractivity contribution in [2.75, 3.05) is 23.3 Å². The maximum atomic E-state index is 12.0. The maximum Gasteiger partial charge on any atom is 0.227 e. The molecule has 0 aliphatic heterocycles. The molecule has 1 unspecified atom stereocenters. The molecule has 0 bridgehead atoms. The first-order valence-electron chi connectivity index (χ1n) is 7.87. The summed E-state index contributed by atoms with van der Waals surface area (Å²) in [5.41, 5.74) is 7.51. The SMILES string of the molecule is CCN(c1ccc(NC(=O)C(C)CCCN)cc1)C(C)C. The van der Waals surface area contributed by atoms with E-state index >= 15 is 0 Å². The molecule has 4 heteroatoms. The van der Waals surface area contributed by atoms with Crippen LogP contribution in [0, 0.1) is 5.92 Å². The molecule has 21 heavy (non-hydrogen) atoms. The molecule has 0 saturated carbocycles. The van der Waals surface area contributed by atoms with Crippen LogP contribution in [0.2, 0.25) is 0 Å². The van der Waals surface area contributed by atoms with Crippen LogP contribution in [0.1, 0.15) is 40.5 Å². The number of carbonyl (C=O) groups excluding carboxylic acids is 1. The van der Waals surface area contributed by atoms with Crippen LogP contribution in [0.15, 0.2) is 24.3 Å². The van der Waals surface area contributed by atoms with Crippen LogP contribution in [-0.2, 0) is 4.79 Å². The van der Waals surface area contributed by atoms with Crippen molar-refractivity contribution < 1.29 is 4.79 Å². The number of nitrogens with one attached hydrogen (secondary N) is 1. The molecule has 0 aliphatic carbocycles. The van der Waals surface area contributed by atoms with E-state index in [1.165, 1.54) is 5.69 Å². The zero-order chi connectivity index (χ0) is 15.8. The Morgan fingerprint density at radius 3 is 2.33 bits per heavy atom. The average Bonchev–Trinajstić information content (AvgIpc) is 2.46. The molecule has 0 fully saturated rings. The van der Waals surface area contributed by atoms with Gasteiger partial charge in [-0.25, -0.2) is 0 Å². The summed E-state index contributed by atoms with van der Waals surface area (Å²) in [6.07, 6.45) is 1.71. The van der Waals surface area contributed by atoms with Crippen molar-refractivity contribution in [1.82, 2.24) is 0 Å². The Balaban J connectivity index is 2.64. The van der Waals surface area contributed by atoms with Gasteiger partial charge in [0.05, 0.1) is 0 Å². The van der Waals surface area contributed by atoms with Gasteiger partial charge >= 0.3 is 0 Å². The summed E-state index contributed by atoms with van der Waals surface area (Å²) in [5, 5.41) is 2.97. The molecule has 1 amide bonds. The van der Waals surface area contributed by atoms with E-state index in [1.54, 1.807) is 0 Å².